The molecule has 0 aliphatic rings. The third-order valence-corrected chi connectivity index (χ3v) is 5.80. The van der Waals surface area contributed by atoms with Gasteiger partial charge >= 0.3 is 6.03 Å². The summed E-state index contributed by atoms with van der Waals surface area (Å²) in [5.74, 6) is 0.164. The van der Waals surface area contributed by atoms with Gasteiger partial charge in [0.1, 0.15) is 0 Å². The van der Waals surface area contributed by atoms with E-state index in [4.69, 9.17) is 5.73 Å². The second-order valence-electron chi connectivity index (χ2n) is 10.6. The maximum absolute atomic E-state index is 12.9. The Morgan fingerprint density at radius 3 is 2.24 bits per heavy atom. The van der Waals surface area contributed by atoms with E-state index >= 15 is 0 Å². The van der Waals surface area contributed by atoms with Crippen molar-refractivity contribution in [3.63, 3.8) is 0 Å². The van der Waals surface area contributed by atoms with Crippen LogP contribution in [0.25, 0.3) is 0 Å². The normalized spacial score (nSPS) is 15.5. The zero-order valence-corrected chi connectivity index (χ0v) is 21.6. The van der Waals surface area contributed by atoms with Gasteiger partial charge in [0.15, 0.2) is 0 Å². The number of carbonyl (C=O) groups is 2. The predicted molar refractivity (Wildman–Crippen MR) is 135 cm³/mol. The molecular formula is C26H46N4O3. The summed E-state index contributed by atoms with van der Waals surface area (Å²) < 4.78 is 0. The van der Waals surface area contributed by atoms with Gasteiger partial charge in [-0.3, -0.25) is 4.79 Å². The highest BCUT2D eigenvalue weighted by Crippen LogP contribution is 2.13. The van der Waals surface area contributed by atoms with Crippen molar-refractivity contribution in [2.75, 3.05) is 13.1 Å². The van der Waals surface area contributed by atoms with Crippen LogP contribution in [0.1, 0.15) is 66.9 Å². The Morgan fingerprint density at radius 2 is 1.73 bits per heavy atom. The molecule has 1 aromatic rings. The minimum Gasteiger partial charge on any atom is -0.389 e. The lowest BCUT2D eigenvalue weighted by molar-refractivity contribution is -0.125. The van der Waals surface area contributed by atoms with E-state index in [1.165, 1.54) is 0 Å². The zero-order valence-electron chi connectivity index (χ0n) is 21.6. The average molecular weight is 463 g/mol. The fourth-order valence-electron chi connectivity index (χ4n) is 3.39. The second kappa shape index (κ2) is 13.6. The largest absolute Gasteiger partial charge is 0.389 e. The molecule has 0 radical (unpaired) electrons. The van der Waals surface area contributed by atoms with Crippen molar-refractivity contribution in [1.29, 1.82) is 0 Å². The Bertz CT molecular complexity index is 718. The molecule has 0 unspecified atom stereocenters. The molecule has 0 fully saturated rings. The number of rotatable bonds is 12. The number of carbonyl (C=O) groups excluding carboxylic acids is 2. The maximum Gasteiger partial charge on any atom is 0.317 e. The van der Waals surface area contributed by atoms with Crippen molar-refractivity contribution < 1.29 is 14.7 Å². The van der Waals surface area contributed by atoms with Crippen LogP contribution in [0.4, 0.5) is 4.79 Å². The van der Waals surface area contributed by atoms with E-state index in [1.54, 1.807) is 4.90 Å². The topological polar surface area (TPSA) is 108 Å². The molecule has 5 N–H and O–H groups in total. The summed E-state index contributed by atoms with van der Waals surface area (Å²) >= 11 is 0. The van der Waals surface area contributed by atoms with E-state index in [0.717, 1.165) is 18.4 Å². The Morgan fingerprint density at radius 1 is 1.12 bits per heavy atom. The number of benzene rings is 1. The van der Waals surface area contributed by atoms with Gasteiger partial charge in [-0.15, -0.1) is 0 Å². The molecule has 0 aliphatic carbocycles. The summed E-state index contributed by atoms with van der Waals surface area (Å²) in [6, 6.07) is 8.27. The highest BCUT2D eigenvalue weighted by Gasteiger charge is 2.29. The Balaban J connectivity index is 3.06. The maximum atomic E-state index is 12.9. The lowest BCUT2D eigenvalue weighted by Gasteiger charge is -2.33. The first-order chi connectivity index (χ1) is 15.3. The van der Waals surface area contributed by atoms with Gasteiger partial charge in [0, 0.05) is 12.1 Å². The van der Waals surface area contributed by atoms with Crippen molar-refractivity contribution in [2.24, 2.45) is 17.6 Å². The summed E-state index contributed by atoms with van der Waals surface area (Å²) in [6.07, 6.45) is 1.10. The number of urea groups is 1. The fourth-order valence-corrected chi connectivity index (χ4v) is 3.39. The number of hydrogen-bond donors (Lipinski definition) is 4. The standard InChI is InChI=1S/C26H46N4O3/c1-8-19(4)23(27)24(32)28-21(16-20-12-10-9-11-13-20)22(31)17-30(15-14-18(2)3)25(33)29-26(5,6)7/h9-13,18-19,21-23,31H,8,14-17,27H2,1-7H3,(H,28,32)(H,29,33)/t19-,21-,22+,23-/m0/s1. The third kappa shape index (κ3) is 11.0. The van der Waals surface area contributed by atoms with Crippen LogP contribution < -0.4 is 16.4 Å². The first-order valence-corrected chi connectivity index (χ1v) is 12.2. The molecule has 3 amide bonds. The van der Waals surface area contributed by atoms with E-state index in [0.29, 0.717) is 18.9 Å². The van der Waals surface area contributed by atoms with Gasteiger partial charge in [0.25, 0.3) is 0 Å². The lowest BCUT2D eigenvalue weighted by Crippen LogP contribution is -2.57. The molecule has 0 spiro atoms. The van der Waals surface area contributed by atoms with Gasteiger partial charge in [0.2, 0.25) is 5.91 Å². The van der Waals surface area contributed by atoms with Gasteiger partial charge in [-0.25, -0.2) is 4.79 Å². The zero-order chi connectivity index (χ0) is 25.2. The molecule has 0 aromatic heterocycles. The molecule has 0 heterocycles. The molecule has 33 heavy (non-hydrogen) atoms. The van der Waals surface area contributed by atoms with Crippen molar-refractivity contribution in [1.82, 2.24) is 15.5 Å². The SMILES string of the molecule is CC[C@H](C)[C@H](N)C(=O)N[C@@H](Cc1ccccc1)[C@H](O)CN(CCC(C)C)C(=O)NC(C)(C)C. The molecular weight excluding hydrogens is 416 g/mol. The number of nitrogens with two attached hydrogens (primary N) is 1. The molecule has 0 saturated heterocycles. The van der Waals surface area contributed by atoms with Crippen molar-refractivity contribution in [3.8, 4) is 0 Å². The summed E-state index contributed by atoms with van der Waals surface area (Å²) in [5, 5.41) is 17.2. The van der Waals surface area contributed by atoms with Crippen LogP contribution in [-0.2, 0) is 11.2 Å². The average Bonchev–Trinajstić information content (AvgIpc) is 2.74. The second-order valence-corrected chi connectivity index (χ2v) is 10.6. The Labute approximate surface area is 200 Å². The number of hydrogen-bond acceptors (Lipinski definition) is 4. The van der Waals surface area contributed by atoms with E-state index in [2.05, 4.69) is 24.5 Å². The molecule has 1 rings (SSSR count). The lowest BCUT2D eigenvalue weighted by atomic mass is 9.96. The smallest absolute Gasteiger partial charge is 0.317 e. The third-order valence-electron chi connectivity index (χ3n) is 5.80. The Kier molecular flexibility index (Phi) is 11.9. The minimum atomic E-state index is -0.948. The first-order valence-electron chi connectivity index (χ1n) is 12.2. The molecule has 1 aromatic carbocycles. The summed E-state index contributed by atoms with van der Waals surface area (Å²) in [7, 11) is 0. The van der Waals surface area contributed by atoms with E-state index < -0.39 is 23.7 Å². The van der Waals surface area contributed by atoms with Gasteiger partial charge < -0.3 is 26.4 Å². The predicted octanol–water partition coefficient (Wildman–Crippen LogP) is 3.30. The van der Waals surface area contributed by atoms with Gasteiger partial charge in [-0.05, 0) is 51.0 Å². The van der Waals surface area contributed by atoms with Crippen LogP contribution >= 0.6 is 0 Å². The molecule has 188 valence electrons. The number of aliphatic hydroxyl groups is 1. The van der Waals surface area contributed by atoms with E-state index in [9.17, 15) is 14.7 Å². The fraction of sp³-hybridized carbons (Fsp3) is 0.692. The van der Waals surface area contributed by atoms with Crippen molar-refractivity contribution in [2.45, 2.75) is 91.5 Å². The van der Waals surface area contributed by atoms with Crippen molar-refractivity contribution in [3.05, 3.63) is 35.9 Å². The van der Waals surface area contributed by atoms with Crippen LogP contribution in [0.5, 0.6) is 0 Å². The molecule has 7 heteroatoms. The first kappa shape index (κ1) is 28.9. The molecule has 0 bridgehead atoms. The van der Waals surface area contributed by atoms with Crippen molar-refractivity contribution >= 4 is 11.9 Å². The number of nitrogens with one attached hydrogen (secondary N) is 2. The van der Waals surface area contributed by atoms with Crippen LogP contribution in [0.3, 0.4) is 0 Å². The summed E-state index contributed by atoms with van der Waals surface area (Å²) in [4.78, 5) is 27.4. The van der Waals surface area contributed by atoms with E-state index in [-0.39, 0.29) is 24.4 Å². The Hall–Kier alpha value is -2.12. The number of nitrogens with zero attached hydrogens (tertiary/aromatic N) is 1. The minimum absolute atomic E-state index is 0.0274. The van der Waals surface area contributed by atoms with Gasteiger partial charge in [-0.2, -0.15) is 0 Å². The van der Waals surface area contributed by atoms with Crippen LogP contribution in [0.15, 0.2) is 30.3 Å². The van der Waals surface area contributed by atoms with Crippen LogP contribution in [0.2, 0.25) is 0 Å². The van der Waals surface area contributed by atoms with Gasteiger partial charge in [-0.1, -0.05) is 64.4 Å². The van der Waals surface area contributed by atoms with Gasteiger partial charge in [0.05, 0.1) is 24.7 Å². The monoisotopic (exact) mass is 462 g/mol. The quantitative estimate of drug-likeness (QED) is 0.382. The van der Waals surface area contributed by atoms with Crippen LogP contribution in [-0.4, -0.2) is 58.8 Å². The van der Waals surface area contributed by atoms with Crippen LogP contribution in [0, 0.1) is 11.8 Å². The molecule has 4 atom stereocenters. The summed E-state index contributed by atoms with van der Waals surface area (Å²) in [6.45, 7) is 14.6. The highest BCUT2D eigenvalue weighted by molar-refractivity contribution is 5.82. The number of amides is 3. The molecule has 0 saturated carbocycles. The van der Waals surface area contributed by atoms with E-state index in [1.807, 2.05) is 65.0 Å². The summed E-state index contributed by atoms with van der Waals surface area (Å²) in [5.41, 5.74) is 6.75. The highest BCUT2D eigenvalue weighted by atomic mass is 16.3. The molecule has 0 aliphatic heterocycles. The molecule has 7 nitrogen and oxygen atoms in total. The number of aliphatic hydroxyl groups excluding tert-OH is 1.